The Kier molecular flexibility index (Phi) is 5.91. The molecular formula is C22H21F2N. The van der Waals surface area contributed by atoms with Crippen LogP contribution >= 0.6 is 0 Å². The molecule has 3 aromatic rings. The van der Waals surface area contributed by atoms with Crippen molar-refractivity contribution in [3.05, 3.63) is 107 Å². The third kappa shape index (κ3) is 4.97. The first-order chi connectivity index (χ1) is 12.2. The largest absolute Gasteiger partial charge is 0.313 e. The molecule has 0 radical (unpaired) electrons. The van der Waals surface area contributed by atoms with Crippen molar-refractivity contribution in [1.82, 2.24) is 5.32 Å². The second kappa shape index (κ2) is 8.54. The van der Waals surface area contributed by atoms with Gasteiger partial charge in [-0.25, -0.2) is 8.78 Å². The first kappa shape index (κ1) is 17.3. The summed E-state index contributed by atoms with van der Waals surface area (Å²) in [6.07, 6.45) is 0.764. The molecule has 0 fully saturated rings. The summed E-state index contributed by atoms with van der Waals surface area (Å²) in [5, 5.41) is 3.41. The monoisotopic (exact) mass is 337 g/mol. The summed E-state index contributed by atoms with van der Waals surface area (Å²) in [7, 11) is 0. The highest BCUT2D eigenvalue weighted by atomic mass is 19.1. The summed E-state index contributed by atoms with van der Waals surface area (Å²) in [5.74, 6) is -0.582. The Labute approximate surface area is 147 Å². The van der Waals surface area contributed by atoms with E-state index in [-0.39, 0.29) is 17.6 Å². The molecule has 1 N–H and O–H groups in total. The highest BCUT2D eigenvalue weighted by molar-refractivity contribution is 5.33. The molecule has 128 valence electrons. The van der Waals surface area contributed by atoms with E-state index in [1.807, 2.05) is 30.3 Å². The fourth-order valence-corrected chi connectivity index (χ4v) is 3.05. The average molecular weight is 337 g/mol. The Morgan fingerprint density at radius 2 is 1.32 bits per heavy atom. The molecular weight excluding hydrogens is 316 g/mol. The predicted molar refractivity (Wildman–Crippen MR) is 97.4 cm³/mol. The van der Waals surface area contributed by atoms with Crippen LogP contribution in [-0.4, -0.2) is 6.54 Å². The maximum Gasteiger partial charge on any atom is 0.123 e. The SMILES string of the molecule is Fc1cccc(C(CCNCc2ccccc2)c2cccc(F)c2)c1. The van der Waals surface area contributed by atoms with Crippen LogP contribution in [0.3, 0.4) is 0 Å². The number of halogens is 2. The quantitative estimate of drug-likeness (QED) is 0.579. The van der Waals surface area contributed by atoms with Gasteiger partial charge in [-0.1, -0.05) is 54.6 Å². The van der Waals surface area contributed by atoms with Gasteiger partial charge in [0.25, 0.3) is 0 Å². The summed E-state index contributed by atoms with van der Waals surface area (Å²) < 4.78 is 27.3. The molecule has 3 heteroatoms. The minimum Gasteiger partial charge on any atom is -0.313 e. The van der Waals surface area contributed by atoms with Crippen molar-refractivity contribution in [2.24, 2.45) is 0 Å². The topological polar surface area (TPSA) is 12.0 Å². The van der Waals surface area contributed by atoms with Gasteiger partial charge >= 0.3 is 0 Å². The number of rotatable bonds is 7. The molecule has 0 aromatic heterocycles. The van der Waals surface area contributed by atoms with Crippen LogP contribution in [0.5, 0.6) is 0 Å². The normalized spacial score (nSPS) is 11.0. The Balaban J connectivity index is 1.70. The van der Waals surface area contributed by atoms with Crippen molar-refractivity contribution in [2.45, 2.75) is 18.9 Å². The summed E-state index contributed by atoms with van der Waals surface area (Å²) in [6, 6.07) is 23.3. The van der Waals surface area contributed by atoms with Crippen molar-refractivity contribution in [1.29, 1.82) is 0 Å². The van der Waals surface area contributed by atoms with Gasteiger partial charge in [0.05, 0.1) is 0 Å². The molecule has 0 unspecified atom stereocenters. The second-order valence-corrected chi connectivity index (χ2v) is 6.11. The van der Waals surface area contributed by atoms with Crippen LogP contribution in [0.25, 0.3) is 0 Å². The van der Waals surface area contributed by atoms with Crippen molar-refractivity contribution in [3.8, 4) is 0 Å². The average Bonchev–Trinajstić information content (AvgIpc) is 2.62. The van der Waals surface area contributed by atoms with Crippen LogP contribution in [0.1, 0.15) is 29.0 Å². The second-order valence-electron chi connectivity index (χ2n) is 6.11. The van der Waals surface area contributed by atoms with Crippen LogP contribution in [0.2, 0.25) is 0 Å². The highest BCUT2D eigenvalue weighted by Gasteiger charge is 2.15. The molecule has 0 spiro atoms. The predicted octanol–water partition coefficient (Wildman–Crippen LogP) is 5.28. The molecule has 0 atom stereocenters. The third-order valence-electron chi connectivity index (χ3n) is 4.28. The van der Waals surface area contributed by atoms with E-state index in [4.69, 9.17) is 0 Å². The number of hydrogen-bond donors (Lipinski definition) is 1. The van der Waals surface area contributed by atoms with Gasteiger partial charge in [-0.05, 0) is 53.9 Å². The van der Waals surface area contributed by atoms with E-state index < -0.39 is 0 Å². The first-order valence-electron chi connectivity index (χ1n) is 8.48. The van der Waals surface area contributed by atoms with E-state index in [2.05, 4.69) is 17.4 Å². The Morgan fingerprint density at radius 1 is 0.720 bits per heavy atom. The minimum absolute atomic E-state index is 0.0466. The van der Waals surface area contributed by atoms with E-state index in [9.17, 15) is 8.78 Å². The maximum absolute atomic E-state index is 13.6. The van der Waals surface area contributed by atoms with Gasteiger partial charge in [0, 0.05) is 12.5 Å². The lowest BCUT2D eigenvalue weighted by molar-refractivity contribution is 0.592. The zero-order chi connectivity index (χ0) is 17.5. The maximum atomic E-state index is 13.6. The molecule has 0 bridgehead atoms. The summed E-state index contributed by atoms with van der Waals surface area (Å²) >= 11 is 0. The lowest BCUT2D eigenvalue weighted by atomic mass is 9.88. The van der Waals surface area contributed by atoms with Crippen molar-refractivity contribution < 1.29 is 8.78 Å². The molecule has 0 amide bonds. The lowest BCUT2D eigenvalue weighted by Crippen LogP contribution is -2.18. The van der Waals surface area contributed by atoms with E-state index in [1.54, 1.807) is 12.1 Å². The summed E-state index contributed by atoms with van der Waals surface area (Å²) in [5.41, 5.74) is 2.95. The summed E-state index contributed by atoms with van der Waals surface area (Å²) in [4.78, 5) is 0. The van der Waals surface area contributed by atoms with Crippen LogP contribution in [0, 0.1) is 11.6 Å². The zero-order valence-electron chi connectivity index (χ0n) is 14.0. The van der Waals surface area contributed by atoms with Crippen molar-refractivity contribution in [2.75, 3.05) is 6.54 Å². The fourth-order valence-electron chi connectivity index (χ4n) is 3.05. The molecule has 0 aliphatic carbocycles. The van der Waals surface area contributed by atoms with Gasteiger partial charge in [0.2, 0.25) is 0 Å². The van der Waals surface area contributed by atoms with Gasteiger partial charge < -0.3 is 5.32 Å². The number of benzene rings is 3. The molecule has 0 aliphatic rings. The van der Waals surface area contributed by atoms with Gasteiger partial charge in [0.1, 0.15) is 11.6 Å². The Bertz CT molecular complexity index is 756. The molecule has 0 saturated heterocycles. The molecule has 3 aromatic carbocycles. The number of hydrogen-bond acceptors (Lipinski definition) is 1. The molecule has 0 aliphatic heterocycles. The first-order valence-corrected chi connectivity index (χ1v) is 8.48. The van der Waals surface area contributed by atoms with Crippen LogP contribution in [-0.2, 0) is 6.54 Å². The van der Waals surface area contributed by atoms with Gasteiger partial charge in [0.15, 0.2) is 0 Å². The lowest BCUT2D eigenvalue weighted by Gasteiger charge is -2.19. The minimum atomic E-state index is -0.267. The van der Waals surface area contributed by atoms with Crippen molar-refractivity contribution in [3.63, 3.8) is 0 Å². The van der Waals surface area contributed by atoms with E-state index in [0.29, 0.717) is 0 Å². The zero-order valence-corrected chi connectivity index (χ0v) is 14.0. The van der Waals surface area contributed by atoms with Gasteiger partial charge in [-0.3, -0.25) is 0 Å². The standard InChI is InChI=1S/C22H21F2N/c23-20-10-4-8-18(14-20)22(19-9-5-11-21(24)15-19)12-13-25-16-17-6-2-1-3-7-17/h1-11,14-15,22,25H,12-13,16H2. The van der Waals surface area contributed by atoms with E-state index >= 15 is 0 Å². The fraction of sp³-hybridized carbons (Fsp3) is 0.182. The number of nitrogens with one attached hydrogen (secondary N) is 1. The van der Waals surface area contributed by atoms with E-state index in [1.165, 1.54) is 29.8 Å². The van der Waals surface area contributed by atoms with E-state index in [0.717, 1.165) is 30.6 Å². The third-order valence-corrected chi connectivity index (χ3v) is 4.28. The van der Waals surface area contributed by atoms with Gasteiger partial charge in [-0.2, -0.15) is 0 Å². The van der Waals surface area contributed by atoms with Crippen molar-refractivity contribution >= 4 is 0 Å². The van der Waals surface area contributed by atoms with Crippen LogP contribution in [0.4, 0.5) is 8.78 Å². The smallest absolute Gasteiger partial charge is 0.123 e. The molecule has 0 heterocycles. The molecule has 3 rings (SSSR count). The Hall–Kier alpha value is -2.52. The molecule has 0 saturated carbocycles. The van der Waals surface area contributed by atoms with Crippen LogP contribution < -0.4 is 5.32 Å². The molecule has 25 heavy (non-hydrogen) atoms. The van der Waals surface area contributed by atoms with Crippen LogP contribution in [0.15, 0.2) is 78.9 Å². The Morgan fingerprint density at radius 3 is 1.88 bits per heavy atom. The molecule has 1 nitrogen and oxygen atoms in total. The highest BCUT2D eigenvalue weighted by Crippen LogP contribution is 2.28. The van der Waals surface area contributed by atoms with Gasteiger partial charge in [-0.15, -0.1) is 0 Å². The summed E-state index contributed by atoms with van der Waals surface area (Å²) in [6.45, 7) is 1.53.